The van der Waals surface area contributed by atoms with E-state index in [9.17, 15) is 10.1 Å². The van der Waals surface area contributed by atoms with Crippen LogP contribution in [0, 0.1) is 11.3 Å². The molecule has 0 radical (unpaired) electrons. The fraction of sp³-hybridized carbons (Fsp3) is 0.269. The second-order valence-electron chi connectivity index (χ2n) is 7.82. The van der Waals surface area contributed by atoms with Crippen LogP contribution in [0.25, 0.3) is 23.0 Å². The zero-order valence-corrected chi connectivity index (χ0v) is 19.1. The van der Waals surface area contributed by atoms with Crippen molar-refractivity contribution in [2.45, 2.75) is 0 Å². The number of ether oxygens (including phenoxy) is 2. The van der Waals surface area contributed by atoms with Gasteiger partial charge in [0.05, 0.1) is 31.7 Å². The minimum Gasteiger partial charge on any atom is -0.497 e. The van der Waals surface area contributed by atoms with Crippen LogP contribution in [0.1, 0.15) is 5.56 Å². The maximum atomic E-state index is 12.7. The van der Waals surface area contributed by atoms with Crippen molar-refractivity contribution < 1.29 is 14.3 Å². The lowest BCUT2D eigenvalue weighted by molar-refractivity contribution is -0.117. The zero-order chi connectivity index (χ0) is 23.8. The van der Waals surface area contributed by atoms with Gasteiger partial charge in [-0.1, -0.05) is 18.2 Å². The van der Waals surface area contributed by atoms with E-state index < -0.39 is 5.91 Å². The van der Waals surface area contributed by atoms with Gasteiger partial charge in [0.15, 0.2) is 0 Å². The first-order valence-corrected chi connectivity index (χ1v) is 11.2. The van der Waals surface area contributed by atoms with Crippen LogP contribution in [-0.4, -0.2) is 67.1 Å². The molecule has 1 saturated heterocycles. The van der Waals surface area contributed by atoms with Gasteiger partial charge in [0.2, 0.25) is 0 Å². The molecule has 8 nitrogen and oxygen atoms in total. The fourth-order valence-electron chi connectivity index (χ4n) is 3.73. The average molecular weight is 458 g/mol. The number of rotatable bonds is 8. The Hall–Kier alpha value is -3.93. The van der Waals surface area contributed by atoms with E-state index in [1.165, 1.54) is 0 Å². The van der Waals surface area contributed by atoms with Gasteiger partial charge in [-0.2, -0.15) is 10.4 Å². The first kappa shape index (κ1) is 23.2. The van der Waals surface area contributed by atoms with Gasteiger partial charge in [-0.05, 0) is 42.5 Å². The summed E-state index contributed by atoms with van der Waals surface area (Å²) >= 11 is 0. The van der Waals surface area contributed by atoms with Crippen molar-refractivity contribution in [3.05, 3.63) is 71.9 Å². The van der Waals surface area contributed by atoms with E-state index in [0.29, 0.717) is 31.0 Å². The van der Waals surface area contributed by atoms with E-state index in [-0.39, 0.29) is 5.57 Å². The van der Waals surface area contributed by atoms with E-state index in [1.807, 2.05) is 66.9 Å². The fourth-order valence-corrected chi connectivity index (χ4v) is 3.73. The van der Waals surface area contributed by atoms with E-state index >= 15 is 0 Å². The van der Waals surface area contributed by atoms with Crippen molar-refractivity contribution in [1.82, 2.24) is 20.0 Å². The Bertz CT molecular complexity index is 1170. The third-order valence-electron chi connectivity index (χ3n) is 5.61. The lowest BCUT2D eigenvalue weighted by atomic mass is 10.1. The maximum Gasteiger partial charge on any atom is 0.262 e. The molecule has 1 amide bonds. The van der Waals surface area contributed by atoms with Crippen molar-refractivity contribution in [3.63, 3.8) is 0 Å². The van der Waals surface area contributed by atoms with Gasteiger partial charge in [-0.3, -0.25) is 9.69 Å². The third kappa shape index (κ3) is 5.70. The molecule has 8 heteroatoms. The van der Waals surface area contributed by atoms with Crippen LogP contribution in [0.2, 0.25) is 0 Å². The maximum absolute atomic E-state index is 12.7. The number of aromatic nitrogens is 2. The summed E-state index contributed by atoms with van der Waals surface area (Å²) in [5.41, 5.74) is 3.11. The van der Waals surface area contributed by atoms with E-state index in [0.717, 1.165) is 36.6 Å². The van der Waals surface area contributed by atoms with Crippen LogP contribution in [-0.2, 0) is 9.53 Å². The summed E-state index contributed by atoms with van der Waals surface area (Å²) in [6, 6.07) is 19.3. The van der Waals surface area contributed by atoms with Crippen LogP contribution in [0.4, 0.5) is 0 Å². The molecule has 4 rings (SSSR count). The summed E-state index contributed by atoms with van der Waals surface area (Å²) in [5.74, 6) is 0.338. The number of carbonyl (C=O) groups excluding carboxylic acids is 1. The molecule has 0 saturated carbocycles. The summed E-state index contributed by atoms with van der Waals surface area (Å²) in [5, 5.41) is 17.3. The highest BCUT2D eigenvalue weighted by atomic mass is 16.5. The number of morpholine rings is 1. The average Bonchev–Trinajstić information content (AvgIpc) is 3.32. The van der Waals surface area contributed by atoms with Crippen LogP contribution >= 0.6 is 0 Å². The Morgan fingerprint density at radius 3 is 2.59 bits per heavy atom. The molecule has 0 aliphatic carbocycles. The number of carbonyl (C=O) groups is 1. The van der Waals surface area contributed by atoms with Gasteiger partial charge in [0, 0.05) is 43.5 Å². The van der Waals surface area contributed by atoms with Crippen LogP contribution in [0.15, 0.2) is 66.4 Å². The minimum atomic E-state index is -0.399. The Labute approximate surface area is 199 Å². The molecule has 0 spiro atoms. The van der Waals surface area contributed by atoms with Crippen LogP contribution in [0.3, 0.4) is 0 Å². The predicted octanol–water partition coefficient (Wildman–Crippen LogP) is 2.90. The molecule has 34 heavy (non-hydrogen) atoms. The predicted molar refractivity (Wildman–Crippen MR) is 129 cm³/mol. The quantitative estimate of drug-likeness (QED) is 0.413. The van der Waals surface area contributed by atoms with Crippen molar-refractivity contribution in [3.8, 4) is 28.8 Å². The number of hydrogen-bond acceptors (Lipinski definition) is 6. The number of methoxy groups -OCH3 is 1. The molecule has 0 atom stereocenters. The number of para-hydroxylation sites is 1. The van der Waals surface area contributed by atoms with Crippen molar-refractivity contribution in [2.75, 3.05) is 46.5 Å². The molecular weight excluding hydrogens is 430 g/mol. The smallest absolute Gasteiger partial charge is 0.262 e. The van der Waals surface area contributed by atoms with Crippen molar-refractivity contribution >= 4 is 12.0 Å². The number of nitrogens with zero attached hydrogens (tertiary/aromatic N) is 4. The molecule has 0 bridgehead atoms. The molecular formula is C26H27N5O3. The summed E-state index contributed by atoms with van der Waals surface area (Å²) in [6.07, 6.45) is 3.42. The van der Waals surface area contributed by atoms with Gasteiger partial charge in [0.25, 0.3) is 5.91 Å². The molecule has 1 aliphatic heterocycles. The summed E-state index contributed by atoms with van der Waals surface area (Å²) < 4.78 is 12.4. The number of nitrogens with one attached hydrogen (secondary N) is 1. The Morgan fingerprint density at radius 2 is 1.91 bits per heavy atom. The van der Waals surface area contributed by atoms with E-state index in [2.05, 4.69) is 10.2 Å². The Kier molecular flexibility index (Phi) is 7.71. The highest BCUT2D eigenvalue weighted by molar-refractivity contribution is 6.02. The highest BCUT2D eigenvalue weighted by Gasteiger charge is 2.16. The first-order chi connectivity index (χ1) is 16.7. The van der Waals surface area contributed by atoms with Gasteiger partial charge in [-0.25, -0.2) is 4.68 Å². The summed E-state index contributed by atoms with van der Waals surface area (Å²) in [7, 11) is 1.62. The molecule has 0 unspecified atom stereocenters. The standard InChI is InChI=1S/C26H27N5O3/c1-33-24-9-7-20(8-10-24)25-22(19-31(29-25)23-5-3-2-4-6-23)17-21(18-27)26(32)28-11-12-30-13-15-34-16-14-30/h2-10,17,19H,11-16H2,1H3,(H,28,32)/b21-17+. The topological polar surface area (TPSA) is 92.4 Å². The monoisotopic (exact) mass is 457 g/mol. The van der Waals surface area contributed by atoms with Crippen LogP contribution < -0.4 is 10.1 Å². The second-order valence-corrected chi connectivity index (χ2v) is 7.82. The molecule has 1 fully saturated rings. The lowest BCUT2D eigenvalue weighted by Gasteiger charge is -2.26. The Morgan fingerprint density at radius 1 is 1.18 bits per heavy atom. The normalized spacial score (nSPS) is 14.4. The molecule has 2 heterocycles. The lowest BCUT2D eigenvalue weighted by Crippen LogP contribution is -2.41. The number of amides is 1. The van der Waals surface area contributed by atoms with Gasteiger partial charge in [0.1, 0.15) is 17.4 Å². The highest BCUT2D eigenvalue weighted by Crippen LogP contribution is 2.27. The molecule has 1 aliphatic rings. The Balaban J connectivity index is 1.58. The number of benzene rings is 2. The van der Waals surface area contributed by atoms with E-state index in [4.69, 9.17) is 14.6 Å². The third-order valence-corrected chi connectivity index (χ3v) is 5.61. The molecule has 1 N–H and O–H groups in total. The van der Waals surface area contributed by atoms with Crippen molar-refractivity contribution in [1.29, 1.82) is 5.26 Å². The van der Waals surface area contributed by atoms with Gasteiger partial charge >= 0.3 is 0 Å². The van der Waals surface area contributed by atoms with Gasteiger partial charge in [-0.15, -0.1) is 0 Å². The molecule has 174 valence electrons. The molecule has 2 aromatic carbocycles. The SMILES string of the molecule is COc1ccc(-c2nn(-c3ccccc3)cc2/C=C(\C#N)C(=O)NCCN2CCOCC2)cc1. The van der Waals surface area contributed by atoms with Crippen molar-refractivity contribution in [2.24, 2.45) is 0 Å². The van der Waals surface area contributed by atoms with Gasteiger partial charge < -0.3 is 14.8 Å². The summed E-state index contributed by atoms with van der Waals surface area (Å²) in [4.78, 5) is 15.0. The molecule has 3 aromatic rings. The second kappa shape index (κ2) is 11.3. The largest absolute Gasteiger partial charge is 0.497 e. The molecule has 1 aromatic heterocycles. The van der Waals surface area contributed by atoms with Crippen LogP contribution in [0.5, 0.6) is 5.75 Å². The number of nitriles is 1. The first-order valence-electron chi connectivity index (χ1n) is 11.2. The minimum absolute atomic E-state index is 0.0318. The summed E-state index contributed by atoms with van der Waals surface area (Å²) in [6.45, 7) is 4.29. The van der Waals surface area contributed by atoms with E-state index in [1.54, 1.807) is 17.9 Å². The number of hydrogen-bond donors (Lipinski definition) is 1. The zero-order valence-electron chi connectivity index (χ0n) is 19.1.